The van der Waals surface area contributed by atoms with Crippen molar-refractivity contribution in [2.75, 3.05) is 0 Å². The predicted molar refractivity (Wildman–Crippen MR) is 114 cm³/mol. The van der Waals surface area contributed by atoms with Gasteiger partial charge in [-0.3, -0.25) is 0 Å². The molecule has 4 heteroatoms. The van der Waals surface area contributed by atoms with Crippen LogP contribution in [0.2, 0.25) is 54.9 Å². The average molecular weight is 363 g/mol. The Hall–Kier alpha value is 1.08. The molecule has 0 N–H and O–H groups in total. The van der Waals surface area contributed by atoms with Gasteiger partial charge in [0.15, 0.2) is 0 Å². The minimum absolute atomic E-state index is 0.266. The highest BCUT2D eigenvalue weighted by Crippen LogP contribution is 2.72. The normalized spacial score (nSPS) is 16.4. The van der Waals surface area contributed by atoms with E-state index in [4.69, 9.17) is 0 Å². The quantitative estimate of drug-likeness (QED) is 0.317. The van der Waals surface area contributed by atoms with Crippen LogP contribution in [0.5, 0.6) is 0 Å². The average Bonchev–Trinajstić information content (AvgIpc) is 2.21. The van der Waals surface area contributed by atoms with Crippen molar-refractivity contribution >= 4 is 29.8 Å². The molecule has 0 spiro atoms. The molecule has 1 atom stereocenters. The largest absolute Gasteiger partial charge is 0.138 e. The highest BCUT2D eigenvalue weighted by atomic mass is 31.8. The highest BCUT2D eigenvalue weighted by molar-refractivity contribution is 8.37. The summed E-state index contributed by atoms with van der Waals surface area (Å²) in [7, 11) is -3.60. The smallest absolute Gasteiger partial charge is 0.0809 e. The Morgan fingerprint density at radius 2 is 0.810 bits per heavy atom. The molecular formula is C17H43PSi3. The van der Waals surface area contributed by atoms with Crippen molar-refractivity contribution in [2.24, 2.45) is 0 Å². The summed E-state index contributed by atoms with van der Waals surface area (Å²) in [6.07, 6.45) is 0. The first kappa shape index (κ1) is 22.1. The molecule has 0 nitrogen and oxygen atoms in total. The van der Waals surface area contributed by atoms with Crippen molar-refractivity contribution in [3.63, 3.8) is 0 Å². The minimum atomic E-state index is -1.30. The molecular weight excluding hydrogens is 319 g/mol. The number of hydrogen-bond acceptors (Lipinski definition) is 0. The molecule has 0 rings (SSSR count). The molecule has 0 saturated heterocycles. The van der Waals surface area contributed by atoms with Crippen LogP contribution in [-0.4, -0.2) is 23.2 Å². The van der Waals surface area contributed by atoms with Crippen LogP contribution >= 0.6 is 6.57 Å². The molecule has 0 aromatic heterocycles. The van der Waals surface area contributed by atoms with Gasteiger partial charge in [-0.05, 0) is 22.2 Å². The summed E-state index contributed by atoms with van der Waals surface area (Å²) in [5.74, 6) is 0. The fourth-order valence-corrected chi connectivity index (χ4v) is 86.4. The lowest BCUT2D eigenvalue weighted by atomic mass is 10.5. The lowest BCUT2D eigenvalue weighted by molar-refractivity contribution is 0.850. The lowest BCUT2D eigenvalue weighted by Crippen LogP contribution is -2.55. The molecule has 0 heterocycles. The van der Waals surface area contributed by atoms with Crippen LogP contribution in [0, 0.1) is 0 Å². The number of hydrogen-bond donors (Lipinski definition) is 0. The van der Waals surface area contributed by atoms with E-state index in [2.05, 4.69) is 88.1 Å². The molecule has 128 valence electrons. The van der Waals surface area contributed by atoms with Gasteiger partial charge in [-0.2, -0.15) is 0 Å². The maximum absolute atomic E-state index is 2.75. The van der Waals surface area contributed by atoms with Gasteiger partial charge in [0, 0.05) is 0 Å². The zero-order chi connectivity index (χ0) is 17.4. The van der Waals surface area contributed by atoms with E-state index in [1.165, 1.54) is 0 Å². The molecule has 0 amide bonds. The minimum Gasteiger partial charge on any atom is -0.138 e. The van der Waals surface area contributed by atoms with Crippen LogP contribution < -0.4 is 0 Å². The van der Waals surface area contributed by atoms with Crippen molar-refractivity contribution < 1.29 is 0 Å². The Balaban J connectivity index is 6.46. The molecule has 0 fully saturated rings. The van der Waals surface area contributed by atoms with E-state index in [0.717, 1.165) is 22.2 Å². The van der Waals surface area contributed by atoms with Gasteiger partial charge in [-0.25, -0.2) is 0 Å². The first-order valence-electron chi connectivity index (χ1n) is 8.94. The third-order valence-corrected chi connectivity index (χ3v) is 62.9. The topological polar surface area (TPSA) is 0 Å². The molecule has 1 unspecified atom stereocenters. The molecule has 0 aliphatic carbocycles. The summed E-state index contributed by atoms with van der Waals surface area (Å²) < 4.78 is 0. The van der Waals surface area contributed by atoms with Gasteiger partial charge in [0.2, 0.25) is 0 Å². The number of rotatable bonds is 7. The van der Waals surface area contributed by atoms with Crippen LogP contribution in [0.1, 0.15) is 55.4 Å². The summed E-state index contributed by atoms with van der Waals surface area (Å²) in [5, 5.41) is 0. The van der Waals surface area contributed by atoms with E-state index in [-0.39, 0.29) is 6.57 Å². The van der Waals surface area contributed by atoms with Gasteiger partial charge in [0.05, 0.1) is 23.2 Å². The molecule has 0 saturated carbocycles. The predicted octanol–water partition coefficient (Wildman–Crippen LogP) is 8.09. The van der Waals surface area contributed by atoms with Crippen molar-refractivity contribution in [2.45, 2.75) is 110 Å². The van der Waals surface area contributed by atoms with E-state index in [9.17, 15) is 0 Å². The second-order valence-corrected chi connectivity index (χ2v) is 42.2. The Labute approximate surface area is 140 Å². The third-order valence-electron chi connectivity index (χ3n) is 5.82. The van der Waals surface area contributed by atoms with Gasteiger partial charge in [-0.15, -0.1) is 6.57 Å². The fourth-order valence-electron chi connectivity index (χ4n) is 4.98. The molecule has 0 aliphatic heterocycles. The first-order chi connectivity index (χ1) is 9.14. The van der Waals surface area contributed by atoms with Gasteiger partial charge in [0.25, 0.3) is 0 Å². The van der Waals surface area contributed by atoms with E-state index in [1.807, 2.05) is 0 Å². The lowest BCUT2D eigenvalue weighted by Gasteiger charge is -2.60. The summed E-state index contributed by atoms with van der Waals surface area (Å²) in [5.41, 5.74) is 3.72. The van der Waals surface area contributed by atoms with E-state index in [0.29, 0.717) is 0 Å². The second kappa shape index (κ2) is 7.32. The summed E-state index contributed by atoms with van der Waals surface area (Å²) in [6, 6.07) is 0. The Morgan fingerprint density at radius 3 is 0.952 bits per heavy atom. The van der Waals surface area contributed by atoms with Crippen molar-refractivity contribution in [1.29, 1.82) is 0 Å². The monoisotopic (exact) mass is 362 g/mol. The molecule has 0 aromatic rings. The SMILES string of the molecule is CC(C)[Si](C)(C)P([Si](C)(C)C)[Si](C(C)C)(C(C)C)C(C)C. The highest BCUT2D eigenvalue weighted by Gasteiger charge is 2.58. The van der Waals surface area contributed by atoms with E-state index >= 15 is 0 Å². The van der Waals surface area contributed by atoms with Crippen molar-refractivity contribution in [1.82, 2.24) is 0 Å². The van der Waals surface area contributed by atoms with Crippen LogP contribution in [0.25, 0.3) is 0 Å². The van der Waals surface area contributed by atoms with Crippen LogP contribution in [0.15, 0.2) is 0 Å². The maximum Gasteiger partial charge on any atom is 0.0809 e. The van der Waals surface area contributed by atoms with E-state index < -0.39 is 23.2 Å². The molecule has 0 bridgehead atoms. The van der Waals surface area contributed by atoms with Crippen molar-refractivity contribution in [3.8, 4) is 0 Å². The zero-order valence-corrected chi connectivity index (χ0v) is 21.2. The zero-order valence-electron chi connectivity index (χ0n) is 17.3. The summed E-state index contributed by atoms with van der Waals surface area (Å²) >= 11 is 0. The van der Waals surface area contributed by atoms with Crippen LogP contribution in [0.3, 0.4) is 0 Å². The summed E-state index contributed by atoms with van der Waals surface area (Å²) in [6.45, 7) is 34.4. The summed E-state index contributed by atoms with van der Waals surface area (Å²) in [4.78, 5) is 0. The van der Waals surface area contributed by atoms with Crippen LogP contribution in [-0.2, 0) is 0 Å². The van der Waals surface area contributed by atoms with Gasteiger partial charge in [-0.1, -0.05) is 88.1 Å². The molecule has 21 heavy (non-hydrogen) atoms. The standard InChI is InChI=1S/C17H43PSi3/c1-14(2)20(12,13)18(19(9,10)11)21(15(3)4,16(5)6)17(7)8/h14-17H,1-13H3. The Morgan fingerprint density at radius 1 is 0.524 bits per heavy atom. The van der Waals surface area contributed by atoms with Gasteiger partial charge >= 0.3 is 0 Å². The Bertz CT molecular complexity index is 306. The van der Waals surface area contributed by atoms with Crippen molar-refractivity contribution in [3.05, 3.63) is 0 Å². The van der Waals surface area contributed by atoms with Gasteiger partial charge < -0.3 is 0 Å². The van der Waals surface area contributed by atoms with Crippen LogP contribution in [0.4, 0.5) is 0 Å². The Kier molecular flexibility index (Phi) is 7.70. The fraction of sp³-hybridized carbons (Fsp3) is 1.00. The second-order valence-electron chi connectivity index (χ2n) is 9.67. The molecule has 0 aliphatic rings. The molecule has 0 aromatic carbocycles. The third kappa shape index (κ3) is 4.14. The molecule has 0 radical (unpaired) electrons. The van der Waals surface area contributed by atoms with Gasteiger partial charge in [0.1, 0.15) is 0 Å². The van der Waals surface area contributed by atoms with E-state index in [1.54, 1.807) is 0 Å². The first-order valence-corrected chi connectivity index (χ1v) is 21.6. The maximum atomic E-state index is 2.75.